The van der Waals surface area contributed by atoms with Crippen LogP contribution in [0.5, 0.6) is 5.75 Å². The van der Waals surface area contributed by atoms with Crippen molar-refractivity contribution in [3.63, 3.8) is 0 Å². The maximum atomic E-state index is 10.4. The second-order valence-electron chi connectivity index (χ2n) is 5.28. The van der Waals surface area contributed by atoms with E-state index in [9.17, 15) is 5.11 Å². The predicted molar refractivity (Wildman–Crippen MR) is 80.5 cm³/mol. The molecular weight excluding hydrogens is 272 g/mol. The molecule has 104 valence electrons. The summed E-state index contributed by atoms with van der Waals surface area (Å²) < 4.78 is 5.67. The molecule has 0 amide bonds. The number of rotatable bonds is 3. The van der Waals surface area contributed by atoms with E-state index in [-0.39, 0.29) is 0 Å². The lowest BCUT2D eigenvalue weighted by atomic mass is 9.98. The molecule has 0 fully saturated rings. The summed E-state index contributed by atoms with van der Waals surface area (Å²) >= 11 is 6.14. The zero-order valence-electron chi connectivity index (χ0n) is 11.4. The molecule has 3 rings (SSSR count). The van der Waals surface area contributed by atoms with Crippen LogP contribution in [0.4, 0.5) is 0 Å². The van der Waals surface area contributed by atoms with E-state index in [1.807, 2.05) is 43.3 Å². The molecule has 1 N–H and O–H groups in total. The molecule has 1 aliphatic heterocycles. The molecule has 3 heteroatoms. The lowest BCUT2D eigenvalue weighted by molar-refractivity contribution is 0.177. The van der Waals surface area contributed by atoms with Crippen LogP contribution in [0.2, 0.25) is 5.02 Å². The lowest BCUT2D eigenvalue weighted by Crippen LogP contribution is -2.03. The number of aliphatic hydroxyl groups is 1. The van der Waals surface area contributed by atoms with Gasteiger partial charge in [0.05, 0.1) is 12.7 Å². The normalized spacial score (nSPS) is 14.8. The Morgan fingerprint density at radius 1 is 1.25 bits per heavy atom. The third kappa shape index (κ3) is 2.67. The molecule has 0 aliphatic carbocycles. The minimum absolute atomic E-state index is 0.520. The summed E-state index contributed by atoms with van der Waals surface area (Å²) in [6.45, 7) is 2.73. The van der Waals surface area contributed by atoms with E-state index < -0.39 is 6.10 Å². The predicted octanol–water partition coefficient (Wildman–Crippen LogP) is 3.86. The van der Waals surface area contributed by atoms with E-state index in [0.29, 0.717) is 18.1 Å². The van der Waals surface area contributed by atoms with Gasteiger partial charge in [-0.25, -0.2) is 0 Å². The number of hydrogen-bond donors (Lipinski definition) is 1. The molecule has 0 saturated heterocycles. The highest BCUT2D eigenvalue weighted by atomic mass is 35.5. The molecule has 0 bridgehead atoms. The summed E-state index contributed by atoms with van der Waals surface area (Å²) in [5.41, 5.74) is 4.23. The van der Waals surface area contributed by atoms with Crippen molar-refractivity contribution in [1.29, 1.82) is 0 Å². The SMILES string of the molecule is Cc1ccc(C(O)Cc2cc(Cl)cc3c2OCC3)cc1. The van der Waals surface area contributed by atoms with Crippen molar-refractivity contribution in [2.45, 2.75) is 25.9 Å². The van der Waals surface area contributed by atoms with Gasteiger partial charge in [-0.3, -0.25) is 0 Å². The zero-order chi connectivity index (χ0) is 14.1. The van der Waals surface area contributed by atoms with Crippen LogP contribution in [-0.2, 0) is 12.8 Å². The summed E-state index contributed by atoms with van der Waals surface area (Å²) in [4.78, 5) is 0. The number of aliphatic hydroxyl groups excluding tert-OH is 1. The average molecular weight is 289 g/mol. The van der Waals surface area contributed by atoms with Crippen molar-refractivity contribution in [3.05, 3.63) is 63.7 Å². The maximum absolute atomic E-state index is 10.4. The number of ether oxygens (including phenoxy) is 1. The molecule has 1 aliphatic rings. The van der Waals surface area contributed by atoms with Gasteiger partial charge in [0.2, 0.25) is 0 Å². The number of fused-ring (bicyclic) bond motifs is 1. The first-order chi connectivity index (χ1) is 9.63. The van der Waals surface area contributed by atoms with Gasteiger partial charge < -0.3 is 9.84 Å². The molecule has 2 aromatic carbocycles. The summed E-state index contributed by atoms with van der Waals surface area (Å²) in [5, 5.41) is 11.1. The molecule has 0 radical (unpaired) electrons. The highest BCUT2D eigenvalue weighted by Gasteiger charge is 2.20. The molecule has 0 aromatic heterocycles. The number of hydrogen-bond acceptors (Lipinski definition) is 2. The number of aryl methyl sites for hydroxylation is 1. The fraction of sp³-hybridized carbons (Fsp3) is 0.294. The monoisotopic (exact) mass is 288 g/mol. The van der Waals surface area contributed by atoms with E-state index >= 15 is 0 Å². The average Bonchev–Trinajstić information content (AvgIpc) is 2.87. The van der Waals surface area contributed by atoms with E-state index in [4.69, 9.17) is 16.3 Å². The van der Waals surface area contributed by atoms with Gasteiger partial charge in [-0.15, -0.1) is 0 Å². The summed E-state index contributed by atoms with van der Waals surface area (Å²) in [7, 11) is 0. The summed E-state index contributed by atoms with van der Waals surface area (Å²) in [5.74, 6) is 0.903. The smallest absolute Gasteiger partial charge is 0.126 e. The summed E-state index contributed by atoms with van der Waals surface area (Å²) in [6, 6.07) is 11.8. The molecule has 1 heterocycles. The van der Waals surface area contributed by atoms with E-state index in [0.717, 1.165) is 28.9 Å². The zero-order valence-corrected chi connectivity index (χ0v) is 12.2. The van der Waals surface area contributed by atoms with Crippen molar-refractivity contribution in [2.75, 3.05) is 6.61 Å². The van der Waals surface area contributed by atoms with Crippen LogP contribution >= 0.6 is 11.6 Å². The molecule has 0 saturated carbocycles. The van der Waals surface area contributed by atoms with E-state index in [1.165, 1.54) is 5.56 Å². The Labute approximate surface area is 124 Å². The largest absolute Gasteiger partial charge is 0.493 e. The molecule has 2 nitrogen and oxygen atoms in total. The van der Waals surface area contributed by atoms with Gasteiger partial charge in [-0.1, -0.05) is 41.4 Å². The Kier molecular flexibility index (Phi) is 3.68. The van der Waals surface area contributed by atoms with Crippen LogP contribution in [-0.4, -0.2) is 11.7 Å². The molecule has 1 atom stereocenters. The Hall–Kier alpha value is -1.51. The van der Waals surface area contributed by atoms with Crippen molar-refractivity contribution < 1.29 is 9.84 Å². The number of halogens is 1. The molecule has 1 unspecified atom stereocenters. The Bertz CT molecular complexity index is 620. The molecule has 20 heavy (non-hydrogen) atoms. The van der Waals surface area contributed by atoms with E-state index in [2.05, 4.69) is 0 Å². The van der Waals surface area contributed by atoms with Gasteiger partial charge in [0.1, 0.15) is 5.75 Å². The van der Waals surface area contributed by atoms with Crippen molar-refractivity contribution in [1.82, 2.24) is 0 Å². The first kappa shape index (κ1) is 13.5. The maximum Gasteiger partial charge on any atom is 0.126 e. The number of benzene rings is 2. The van der Waals surface area contributed by atoms with Gasteiger partial charge in [-0.2, -0.15) is 0 Å². The van der Waals surface area contributed by atoms with Gasteiger partial charge in [0, 0.05) is 17.9 Å². The van der Waals surface area contributed by atoms with Crippen molar-refractivity contribution >= 4 is 11.6 Å². The van der Waals surface area contributed by atoms with Crippen LogP contribution in [0.3, 0.4) is 0 Å². The van der Waals surface area contributed by atoms with Gasteiger partial charge in [0.15, 0.2) is 0 Å². The van der Waals surface area contributed by atoms with E-state index in [1.54, 1.807) is 0 Å². The quantitative estimate of drug-likeness (QED) is 0.929. The highest BCUT2D eigenvalue weighted by Crippen LogP contribution is 2.35. The first-order valence-corrected chi connectivity index (χ1v) is 7.20. The van der Waals surface area contributed by atoms with Crippen LogP contribution < -0.4 is 4.74 Å². The van der Waals surface area contributed by atoms with Crippen LogP contribution in [0, 0.1) is 6.92 Å². The van der Waals surface area contributed by atoms with Crippen LogP contribution in [0.25, 0.3) is 0 Å². The van der Waals surface area contributed by atoms with Gasteiger partial charge >= 0.3 is 0 Å². The molecule has 0 spiro atoms. The van der Waals surface area contributed by atoms with Crippen molar-refractivity contribution in [3.8, 4) is 5.75 Å². The van der Waals surface area contributed by atoms with Crippen molar-refractivity contribution in [2.24, 2.45) is 0 Å². The van der Waals surface area contributed by atoms with Crippen LogP contribution in [0.1, 0.15) is 28.4 Å². The fourth-order valence-corrected chi connectivity index (χ4v) is 2.88. The Morgan fingerprint density at radius 3 is 2.75 bits per heavy atom. The van der Waals surface area contributed by atoms with Gasteiger partial charge in [-0.05, 0) is 35.7 Å². The molecular formula is C17H17ClO2. The lowest BCUT2D eigenvalue weighted by Gasteiger charge is -2.14. The fourth-order valence-electron chi connectivity index (χ4n) is 2.61. The Morgan fingerprint density at radius 2 is 2.00 bits per heavy atom. The third-order valence-corrected chi connectivity index (χ3v) is 3.92. The third-order valence-electron chi connectivity index (χ3n) is 3.70. The molecule has 2 aromatic rings. The van der Waals surface area contributed by atoms with Gasteiger partial charge in [0.25, 0.3) is 0 Å². The Balaban J connectivity index is 1.86. The first-order valence-electron chi connectivity index (χ1n) is 6.82. The summed E-state index contributed by atoms with van der Waals surface area (Å²) in [6.07, 6.45) is 0.873. The topological polar surface area (TPSA) is 29.5 Å². The highest BCUT2D eigenvalue weighted by molar-refractivity contribution is 6.30. The second kappa shape index (κ2) is 5.47. The van der Waals surface area contributed by atoms with Crippen LogP contribution in [0.15, 0.2) is 36.4 Å². The second-order valence-corrected chi connectivity index (χ2v) is 5.72. The minimum atomic E-state index is -0.539. The standard InChI is InChI=1S/C17H17ClO2/c1-11-2-4-12(5-3-11)16(19)10-14-9-15(18)8-13-6-7-20-17(13)14/h2-5,8-9,16,19H,6-7,10H2,1H3. The minimum Gasteiger partial charge on any atom is -0.493 e.